The molecule has 0 unspecified atom stereocenters. The van der Waals surface area contributed by atoms with E-state index < -0.39 is 29.0 Å². The molecule has 0 aromatic heterocycles. The Labute approximate surface area is 96.7 Å². The molecule has 90 valence electrons. The van der Waals surface area contributed by atoms with Gasteiger partial charge in [-0.25, -0.2) is 13.6 Å². The molecule has 0 atom stereocenters. The highest BCUT2D eigenvalue weighted by Gasteiger charge is 2.19. The van der Waals surface area contributed by atoms with E-state index in [2.05, 4.69) is 11.3 Å². The van der Waals surface area contributed by atoms with Gasteiger partial charge in [0.05, 0.1) is 6.61 Å². The Morgan fingerprint density at radius 2 is 1.94 bits per heavy atom. The summed E-state index contributed by atoms with van der Waals surface area (Å²) < 4.78 is 30.1. The van der Waals surface area contributed by atoms with Crippen LogP contribution in [0.25, 0.3) is 0 Å². The summed E-state index contributed by atoms with van der Waals surface area (Å²) >= 11 is 0. The lowest BCUT2D eigenvalue weighted by atomic mass is 10.0. The maximum atomic E-state index is 12.9. The van der Waals surface area contributed by atoms with E-state index >= 15 is 0 Å². The van der Waals surface area contributed by atoms with Crippen molar-refractivity contribution in [2.75, 3.05) is 6.61 Å². The first-order chi connectivity index (χ1) is 7.97. The number of benzene rings is 1. The second-order valence-corrected chi connectivity index (χ2v) is 3.16. The minimum atomic E-state index is -1.16. The van der Waals surface area contributed by atoms with Gasteiger partial charge >= 0.3 is 5.97 Å². The normalized spacial score (nSPS) is 9.82. The molecule has 0 aliphatic heterocycles. The van der Waals surface area contributed by atoms with Gasteiger partial charge in [-0.3, -0.25) is 4.79 Å². The highest BCUT2D eigenvalue weighted by Crippen LogP contribution is 2.13. The molecule has 3 nitrogen and oxygen atoms in total. The van der Waals surface area contributed by atoms with Crippen LogP contribution < -0.4 is 0 Å². The molecule has 0 saturated heterocycles. The lowest BCUT2D eigenvalue weighted by Crippen LogP contribution is -2.15. The second-order valence-electron chi connectivity index (χ2n) is 3.16. The Bertz CT molecular complexity index is 481. The lowest BCUT2D eigenvalue weighted by molar-refractivity contribution is -0.138. The summed E-state index contributed by atoms with van der Waals surface area (Å²) in [5.74, 6) is -3.89. The van der Waals surface area contributed by atoms with Gasteiger partial charge in [-0.15, -0.1) is 0 Å². The third-order valence-corrected chi connectivity index (χ3v) is 1.98. The summed E-state index contributed by atoms with van der Waals surface area (Å²) in [7, 11) is 0. The third-order valence-electron chi connectivity index (χ3n) is 1.98. The Morgan fingerprint density at radius 3 is 2.47 bits per heavy atom. The Balaban J connectivity index is 2.93. The second kappa shape index (κ2) is 5.34. The smallest absolute Gasteiger partial charge is 0.341 e. The number of ether oxygens (including phenoxy) is 1. The van der Waals surface area contributed by atoms with Gasteiger partial charge in [-0.2, -0.15) is 0 Å². The summed E-state index contributed by atoms with van der Waals surface area (Å²) in [6.07, 6.45) is 0. The van der Waals surface area contributed by atoms with E-state index in [-0.39, 0.29) is 12.2 Å². The highest BCUT2D eigenvalue weighted by molar-refractivity contribution is 6.23. The number of hydrogen-bond donors (Lipinski definition) is 0. The van der Waals surface area contributed by atoms with Crippen LogP contribution in [-0.4, -0.2) is 18.4 Å². The zero-order valence-electron chi connectivity index (χ0n) is 9.13. The summed E-state index contributed by atoms with van der Waals surface area (Å²) in [6.45, 7) is 4.94. The largest absolute Gasteiger partial charge is 0.462 e. The first-order valence-electron chi connectivity index (χ1n) is 4.83. The van der Waals surface area contributed by atoms with Gasteiger partial charge in [-0.1, -0.05) is 6.58 Å². The monoisotopic (exact) mass is 240 g/mol. The first kappa shape index (κ1) is 13.0. The fourth-order valence-corrected chi connectivity index (χ4v) is 1.12. The van der Waals surface area contributed by atoms with Crippen molar-refractivity contribution in [2.45, 2.75) is 6.92 Å². The van der Waals surface area contributed by atoms with Crippen molar-refractivity contribution in [3.05, 3.63) is 47.5 Å². The van der Waals surface area contributed by atoms with Gasteiger partial charge in [-0.05, 0) is 25.1 Å². The van der Waals surface area contributed by atoms with Crippen molar-refractivity contribution in [3.8, 4) is 0 Å². The Morgan fingerprint density at radius 1 is 1.29 bits per heavy atom. The van der Waals surface area contributed by atoms with Crippen molar-refractivity contribution in [1.29, 1.82) is 0 Å². The molecule has 0 bridgehead atoms. The predicted molar refractivity (Wildman–Crippen MR) is 56.5 cm³/mol. The highest BCUT2D eigenvalue weighted by atomic mass is 19.2. The van der Waals surface area contributed by atoms with Gasteiger partial charge < -0.3 is 4.74 Å². The molecule has 0 aliphatic carbocycles. The third kappa shape index (κ3) is 2.96. The maximum absolute atomic E-state index is 12.9. The summed E-state index contributed by atoms with van der Waals surface area (Å²) in [4.78, 5) is 22.8. The van der Waals surface area contributed by atoms with Gasteiger partial charge in [0, 0.05) is 5.56 Å². The van der Waals surface area contributed by atoms with E-state index in [0.717, 1.165) is 12.1 Å². The number of esters is 1. The predicted octanol–water partition coefficient (Wildman–Crippen LogP) is 2.27. The van der Waals surface area contributed by atoms with Crippen LogP contribution in [0.1, 0.15) is 17.3 Å². The number of rotatable bonds is 4. The van der Waals surface area contributed by atoms with Crippen LogP contribution in [0.4, 0.5) is 8.78 Å². The van der Waals surface area contributed by atoms with Crippen LogP contribution in [0.15, 0.2) is 30.4 Å². The van der Waals surface area contributed by atoms with Gasteiger partial charge in [0.2, 0.25) is 0 Å². The van der Waals surface area contributed by atoms with E-state index in [0.29, 0.717) is 6.07 Å². The maximum Gasteiger partial charge on any atom is 0.341 e. The van der Waals surface area contributed by atoms with Gasteiger partial charge in [0.1, 0.15) is 5.57 Å². The average Bonchev–Trinajstić information content (AvgIpc) is 2.31. The molecule has 5 heteroatoms. The van der Waals surface area contributed by atoms with E-state index in [4.69, 9.17) is 0 Å². The molecule has 0 N–H and O–H groups in total. The van der Waals surface area contributed by atoms with Crippen LogP contribution in [0, 0.1) is 11.6 Å². The standard InChI is InChI=1S/C12H10F2O3/c1-3-17-12(16)7(2)11(15)8-4-5-9(13)10(14)6-8/h4-6H,2-3H2,1H3. The molecule has 0 fully saturated rings. The van der Waals surface area contributed by atoms with Crippen molar-refractivity contribution in [3.63, 3.8) is 0 Å². The molecule has 0 amide bonds. The number of halogens is 2. The molecule has 0 aliphatic rings. The Hall–Kier alpha value is -2.04. The van der Waals surface area contributed by atoms with E-state index in [9.17, 15) is 18.4 Å². The van der Waals surface area contributed by atoms with Crippen molar-refractivity contribution < 1.29 is 23.1 Å². The first-order valence-corrected chi connectivity index (χ1v) is 4.83. The molecule has 0 saturated carbocycles. The fourth-order valence-electron chi connectivity index (χ4n) is 1.12. The Kier molecular flexibility index (Phi) is 4.09. The number of Topliss-reactive ketones (excluding diaryl/α,β-unsaturated/α-hetero) is 1. The SMILES string of the molecule is C=C(C(=O)OCC)C(=O)c1ccc(F)c(F)c1. The van der Waals surface area contributed by atoms with Crippen LogP contribution in [0.3, 0.4) is 0 Å². The van der Waals surface area contributed by atoms with Crippen LogP contribution >= 0.6 is 0 Å². The molecule has 17 heavy (non-hydrogen) atoms. The van der Waals surface area contributed by atoms with Crippen molar-refractivity contribution in [1.82, 2.24) is 0 Å². The van der Waals surface area contributed by atoms with Crippen molar-refractivity contribution >= 4 is 11.8 Å². The topological polar surface area (TPSA) is 43.4 Å². The molecule has 1 rings (SSSR count). The minimum absolute atomic E-state index is 0.100. The number of carbonyl (C=O) groups excluding carboxylic acids is 2. The van der Waals surface area contributed by atoms with Crippen molar-refractivity contribution in [2.24, 2.45) is 0 Å². The number of hydrogen-bond acceptors (Lipinski definition) is 3. The quantitative estimate of drug-likeness (QED) is 0.266. The number of carbonyl (C=O) groups is 2. The van der Waals surface area contributed by atoms with Gasteiger partial charge in [0.25, 0.3) is 0 Å². The fraction of sp³-hybridized carbons (Fsp3) is 0.167. The molecule has 1 aromatic carbocycles. The molecule has 0 heterocycles. The van der Waals surface area contributed by atoms with E-state index in [1.165, 1.54) is 0 Å². The summed E-state index contributed by atoms with van der Waals surface area (Å²) in [5.41, 5.74) is -0.570. The zero-order chi connectivity index (χ0) is 13.0. The van der Waals surface area contributed by atoms with E-state index in [1.807, 2.05) is 0 Å². The summed E-state index contributed by atoms with van der Waals surface area (Å²) in [6, 6.07) is 2.59. The lowest BCUT2D eigenvalue weighted by Gasteiger charge is -2.04. The van der Waals surface area contributed by atoms with Crippen LogP contribution in [0.5, 0.6) is 0 Å². The van der Waals surface area contributed by atoms with Crippen LogP contribution in [0.2, 0.25) is 0 Å². The average molecular weight is 240 g/mol. The molecular formula is C12H10F2O3. The minimum Gasteiger partial charge on any atom is -0.462 e. The van der Waals surface area contributed by atoms with E-state index in [1.54, 1.807) is 6.92 Å². The summed E-state index contributed by atoms with van der Waals surface area (Å²) in [5, 5.41) is 0. The number of ketones is 1. The molecule has 0 radical (unpaired) electrons. The molecular weight excluding hydrogens is 230 g/mol. The van der Waals surface area contributed by atoms with Gasteiger partial charge in [0.15, 0.2) is 17.4 Å². The molecule has 0 spiro atoms. The molecule has 1 aromatic rings. The van der Waals surface area contributed by atoms with Crippen LogP contribution in [-0.2, 0) is 9.53 Å². The zero-order valence-corrected chi connectivity index (χ0v) is 9.13.